The van der Waals surface area contributed by atoms with E-state index in [0.29, 0.717) is 17.9 Å². The number of nitrogens with zero attached hydrogens (tertiary/aromatic N) is 7. The maximum atomic E-state index is 12.8. The number of benzene rings is 1. The van der Waals surface area contributed by atoms with Gasteiger partial charge in [-0.1, -0.05) is 6.07 Å². The summed E-state index contributed by atoms with van der Waals surface area (Å²) < 4.78 is 6.47. The molecule has 0 radical (unpaired) electrons. The third-order valence-electron chi connectivity index (χ3n) is 6.84. The molecule has 5 rings (SSSR count). The van der Waals surface area contributed by atoms with Crippen molar-refractivity contribution in [1.29, 1.82) is 0 Å². The van der Waals surface area contributed by atoms with Crippen molar-refractivity contribution in [2.75, 3.05) is 19.6 Å². The Morgan fingerprint density at radius 1 is 1.23 bits per heavy atom. The van der Waals surface area contributed by atoms with Crippen LogP contribution in [0.4, 0.5) is 0 Å². The first-order chi connectivity index (χ1) is 16.8. The molecule has 1 amide bonds. The summed E-state index contributed by atoms with van der Waals surface area (Å²) in [6.45, 7) is 6.12. The van der Waals surface area contributed by atoms with Gasteiger partial charge in [0, 0.05) is 30.7 Å². The number of nitrogens with one attached hydrogen (secondary N) is 1. The van der Waals surface area contributed by atoms with Gasteiger partial charge in [0.05, 0.1) is 11.7 Å². The molecule has 0 spiro atoms. The minimum atomic E-state index is -0.677. The van der Waals surface area contributed by atoms with E-state index in [0.717, 1.165) is 42.6 Å². The Balaban J connectivity index is 1.16. The molecule has 12 nitrogen and oxygen atoms in total. The van der Waals surface area contributed by atoms with Crippen LogP contribution in [0.5, 0.6) is 0 Å². The minimum Gasteiger partial charge on any atom is -0.457 e. The molecule has 2 aliphatic heterocycles. The van der Waals surface area contributed by atoms with Crippen molar-refractivity contribution in [1.82, 2.24) is 40.6 Å². The Morgan fingerprint density at radius 3 is 2.71 bits per heavy atom. The van der Waals surface area contributed by atoms with Crippen LogP contribution in [0.3, 0.4) is 0 Å². The maximum absolute atomic E-state index is 12.8. The number of ether oxygens (including phenoxy) is 1. The van der Waals surface area contributed by atoms with Gasteiger partial charge in [0.1, 0.15) is 12.9 Å². The number of aromatic nitrogens is 6. The van der Waals surface area contributed by atoms with Gasteiger partial charge in [-0.25, -0.2) is 4.79 Å². The molecule has 0 saturated carbocycles. The summed E-state index contributed by atoms with van der Waals surface area (Å²) in [4.78, 5) is 26.7. The van der Waals surface area contributed by atoms with Crippen molar-refractivity contribution in [3.05, 3.63) is 58.5 Å². The van der Waals surface area contributed by atoms with Crippen LogP contribution >= 0.6 is 0 Å². The SMILES string of the molecule is Cc1c([C@@H](O)CN2CCC(C)(NC(=O)c3ccc(-n4cnnn4)nn3)CC2)ccc2c1COC2=O. The maximum Gasteiger partial charge on any atom is 0.338 e. The summed E-state index contributed by atoms with van der Waals surface area (Å²) in [5.74, 6) is -0.180. The molecular formula is C23H26N8O4. The lowest BCUT2D eigenvalue weighted by molar-refractivity contribution is 0.0534. The predicted octanol–water partition coefficient (Wildman–Crippen LogP) is 0.749. The number of aliphatic hydroxyl groups is 1. The molecule has 4 heterocycles. The fourth-order valence-corrected chi connectivity index (χ4v) is 4.60. The number of carbonyl (C=O) groups is 2. The third-order valence-corrected chi connectivity index (χ3v) is 6.84. The average molecular weight is 479 g/mol. The zero-order valence-electron chi connectivity index (χ0n) is 19.5. The largest absolute Gasteiger partial charge is 0.457 e. The molecule has 0 unspecified atom stereocenters. The smallest absolute Gasteiger partial charge is 0.338 e. The van der Waals surface area contributed by atoms with E-state index >= 15 is 0 Å². The molecule has 12 heteroatoms. The number of esters is 1. The van der Waals surface area contributed by atoms with Crippen molar-refractivity contribution >= 4 is 11.9 Å². The molecule has 1 aromatic carbocycles. The van der Waals surface area contributed by atoms with Crippen LogP contribution in [0.1, 0.15) is 63.4 Å². The fourth-order valence-electron chi connectivity index (χ4n) is 4.60. The lowest BCUT2D eigenvalue weighted by atomic mass is 9.88. The van der Waals surface area contributed by atoms with E-state index < -0.39 is 11.6 Å². The van der Waals surface area contributed by atoms with Crippen LogP contribution in [-0.4, -0.2) is 77.5 Å². The van der Waals surface area contributed by atoms with E-state index in [9.17, 15) is 14.7 Å². The second kappa shape index (κ2) is 9.12. The van der Waals surface area contributed by atoms with E-state index in [-0.39, 0.29) is 24.2 Å². The van der Waals surface area contributed by atoms with E-state index in [1.54, 1.807) is 18.2 Å². The number of β-amino-alcohol motifs (C(OH)–C–C–N with tert-alkyl or cyclic N) is 1. The highest BCUT2D eigenvalue weighted by Gasteiger charge is 2.33. The van der Waals surface area contributed by atoms with Gasteiger partial charge < -0.3 is 20.1 Å². The molecule has 35 heavy (non-hydrogen) atoms. The second-order valence-corrected chi connectivity index (χ2v) is 9.24. The molecule has 2 N–H and O–H groups in total. The number of tetrazole rings is 1. The standard InChI is InChI=1S/C23H26N8O4/c1-14-15(3-4-16-17(14)12-35-22(16)34)19(32)11-30-9-7-23(2,8-10-30)25-21(33)18-5-6-20(27-26-18)31-13-24-28-29-31/h3-6,13,19,32H,7-12H2,1-2H3,(H,25,33)/t19-/m0/s1. The minimum absolute atomic E-state index is 0.218. The first-order valence-electron chi connectivity index (χ1n) is 11.4. The molecule has 3 aromatic rings. The first-order valence-corrected chi connectivity index (χ1v) is 11.4. The molecule has 1 atom stereocenters. The highest BCUT2D eigenvalue weighted by molar-refractivity contribution is 5.94. The summed E-state index contributed by atoms with van der Waals surface area (Å²) in [6.07, 6.45) is 2.18. The Kier molecular flexibility index (Phi) is 5.99. The van der Waals surface area contributed by atoms with E-state index in [1.165, 1.54) is 11.0 Å². The summed E-state index contributed by atoms with van der Waals surface area (Å²) in [5.41, 5.74) is 2.98. The van der Waals surface area contributed by atoms with Gasteiger partial charge in [0.2, 0.25) is 0 Å². The van der Waals surface area contributed by atoms with Crippen molar-refractivity contribution in [3.8, 4) is 5.82 Å². The lowest BCUT2D eigenvalue weighted by Gasteiger charge is -2.40. The number of rotatable bonds is 6. The van der Waals surface area contributed by atoms with Crippen molar-refractivity contribution < 1.29 is 19.4 Å². The van der Waals surface area contributed by atoms with Gasteiger partial charge in [-0.15, -0.1) is 15.3 Å². The molecule has 182 valence electrons. The van der Waals surface area contributed by atoms with Crippen LogP contribution in [0.25, 0.3) is 5.82 Å². The molecule has 1 fully saturated rings. The quantitative estimate of drug-likeness (QED) is 0.486. The normalized spacial score (nSPS) is 18.1. The monoisotopic (exact) mass is 478 g/mol. The van der Waals surface area contributed by atoms with E-state index in [4.69, 9.17) is 4.74 Å². The molecule has 2 aliphatic rings. The molecule has 1 saturated heterocycles. The zero-order chi connectivity index (χ0) is 24.6. The average Bonchev–Trinajstić information content (AvgIpc) is 3.52. The highest BCUT2D eigenvalue weighted by atomic mass is 16.5. The summed E-state index contributed by atoms with van der Waals surface area (Å²) >= 11 is 0. The highest BCUT2D eigenvalue weighted by Crippen LogP contribution is 2.30. The van der Waals surface area contributed by atoms with Gasteiger partial charge in [-0.2, -0.15) is 4.68 Å². The van der Waals surface area contributed by atoms with Crippen LogP contribution in [-0.2, 0) is 11.3 Å². The topological polar surface area (TPSA) is 148 Å². The Labute approximate surface area is 201 Å². The number of hydrogen-bond donors (Lipinski definition) is 2. The number of amides is 1. The number of fused-ring (bicyclic) bond motifs is 1. The Hall–Kier alpha value is -3.77. The fraction of sp³-hybridized carbons (Fsp3) is 0.435. The Bertz CT molecular complexity index is 1240. The Morgan fingerprint density at radius 2 is 2.03 bits per heavy atom. The molecule has 0 aliphatic carbocycles. The number of carbonyl (C=O) groups excluding carboxylic acids is 2. The second-order valence-electron chi connectivity index (χ2n) is 9.24. The molecular weight excluding hydrogens is 452 g/mol. The first kappa shape index (κ1) is 23.0. The summed E-state index contributed by atoms with van der Waals surface area (Å²) in [6, 6.07) is 6.77. The van der Waals surface area contributed by atoms with Crippen LogP contribution in [0.15, 0.2) is 30.6 Å². The van der Waals surface area contributed by atoms with Gasteiger partial charge in [0.25, 0.3) is 5.91 Å². The van der Waals surface area contributed by atoms with Crippen LogP contribution < -0.4 is 5.32 Å². The van der Waals surface area contributed by atoms with Crippen molar-refractivity contribution in [2.24, 2.45) is 0 Å². The summed E-state index contributed by atoms with van der Waals surface area (Å²) in [7, 11) is 0. The predicted molar refractivity (Wildman–Crippen MR) is 122 cm³/mol. The van der Waals surface area contributed by atoms with E-state index in [1.807, 2.05) is 19.9 Å². The van der Waals surface area contributed by atoms with E-state index in [2.05, 4.69) is 35.9 Å². The van der Waals surface area contributed by atoms with Gasteiger partial charge >= 0.3 is 5.97 Å². The van der Waals surface area contributed by atoms with Gasteiger partial charge in [-0.05, 0) is 66.4 Å². The lowest BCUT2D eigenvalue weighted by Crippen LogP contribution is -2.54. The van der Waals surface area contributed by atoms with Crippen LogP contribution in [0.2, 0.25) is 0 Å². The van der Waals surface area contributed by atoms with Gasteiger partial charge in [-0.3, -0.25) is 4.79 Å². The summed E-state index contributed by atoms with van der Waals surface area (Å²) in [5, 5.41) is 32.9. The number of likely N-dealkylation sites (tertiary alicyclic amines) is 1. The van der Waals surface area contributed by atoms with Crippen molar-refractivity contribution in [3.63, 3.8) is 0 Å². The molecule has 2 aromatic heterocycles. The number of piperidine rings is 1. The number of hydrogen-bond acceptors (Lipinski definition) is 10. The third kappa shape index (κ3) is 4.62. The van der Waals surface area contributed by atoms with Crippen LogP contribution in [0, 0.1) is 6.92 Å². The van der Waals surface area contributed by atoms with Gasteiger partial charge in [0.15, 0.2) is 11.5 Å². The number of aliphatic hydroxyl groups excluding tert-OH is 1. The number of cyclic esters (lactones) is 1. The zero-order valence-corrected chi connectivity index (χ0v) is 19.5. The van der Waals surface area contributed by atoms with Crippen molar-refractivity contribution in [2.45, 2.75) is 44.9 Å². The molecule has 0 bridgehead atoms.